The second-order valence-electron chi connectivity index (χ2n) is 6.31. The molecule has 0 unspecified atom stereocenters. The second kappa shape index (κ2) is 6.48. The normalized spacial score (nSPS) is 23.9. The number of nitrogens with zero attached hydrogens (tertiary/aromatic N) is 4. The van der Waals surface area contributed by atoms with E-state index in [1.165, 1.54) is 0 Å². The average molecular weight is 321 g/mol. The van der Waals surface area contributed by atoms with Crippen molar-refractivity contribution in [3.05, 3.63) is 60.8 Å². The Morgan fingerprint density at radius 3 is 2.25 bits per heavy atom. The second-order valence-corrected chi connectivity index (χ2v) is 6.31. The molecule has 0 N–H and O–H groups in total. The Labute approximate surface area is 144 Å². The third kappa shape index (κ3) is 2.80. The largest absolute Gasteiger partial charge is 0.276 e. The molecule has 24 heavy (non-hydrogen) atoms. The Morgan fingerprint density at radius 2 is 1.75 bits per heavy atom. The number of dihydropyridines is 1. The number of rotatable bonds is 2. The van der Waals surface area contributed by atoms with Crippen LogP contribution in [0.4, 0.5) is 0 Å². The number of hydrogen-bond acceptors (Lipinski definition) is 2. The fourth-order valence-corrected chi connectivity index (χ4v) is 2.85. The molecule has 124 valence electrons. The van der Waals surface area contributed by atoms with Gasteiger partial charge in [-0.1, -0.05) is 43.0 Å². The molecule has 0 saturated heterocycles. The summed E-state index contributed by atoms with van der Waals surface area (Å²) in [5.74, 6) is 2.19. The summed E-state index contributed by atoms with van der Waals surface area (Å²) in [4.78, 5) is 13.5. The minimum absolute atomic E-state index is 0.146. The third-order valence-electron chi connectivity index (χ3n) is 4.42. The highest BCUT2D eigenvalue weighted by molar-refractivity contribution is 6.19. The van der Waals surface area contributed by atoms with Crippen molar-refractivity contribution >= 4 is 23.2 Å². The first-order valence-electron chi connectivity index (χ1n) is 7.86. The molecular formula is C20H25N4+. The molecule has 0 bridgehead atoms. The van der Waals surface area contributed by atoms with Crippen LogP contribution in [-0.2, 0) is 0 Å². The zero-order chi connectivity index (χ0) is 18.1. The number of hydrogen-bond donors (Lipinski definition) is 0. The van der Waals surface area contributed by atoms with Gasteiger partial charge in [-0.15, -0.1) is 4.99 Å². The minimum Gasteiger partial charge on any atom is -0.255 e. The smallest absolute Gasteiger partial charge is 0.255 e. The Balaban J connectivity index is 2.74. The van der Waals surface area contributed by atoms with E-state index in [0.29, 0.717) is 5.84 Å². The number of aliphatic imine (C=N–C) groups is 3. The fourth-order valence-electron chi connectivity index (χ4n) is 2.85. The molecule has 4 nitrogen and oxygen atoms in total. The average Bonchev–Trinajstić information content (AvgIpc) is 2.56. The molecule has 2 aliphatic rings. The van der Waals surface area contributed by atoms with E-state index in [0.717, 1.165) is 34.1 Å². The van der Waals surface area contributed by atoms with Crippen LogP contribution in [0.25, 0.3) is 0 Å². The summed E-state index contributed by atoms with van der Waals surface area (Å²) in [7, 11) is 3.50. The standard InChI is InChI=1S/C20H25N4/c1-9-15-11-13(3)18(23-17(15)21-7)24-14(4)20(5,6)12-16(10-2)19(24)22-8/h9-12H,1-3H2,4-8H3/q+1. The first-order chi connectivity index (χ1) is 11.3. The lowest BCUT2D eigenvalue weighted by Crippen LogP contribution is -2.44. The van der Waals surface area contributed by atoms with E-state index in [9.17, 15) is 0 Å². The van der Waals surface area contributed by atoms with E-state index in [-0.39, 0.29) is 5.41 Å². The van der Waals surface area contributed by atoms with Gasteiger partial charge in [0.1, 0.15) is 0 Å². The molecule has 2 rings (SSSR count). The summed E-state index contributed by atoms with van der Waals surface area (Å²) >= 11 is 0. The van der Waals surface area contributed by atoms with Gasteiger partial charge in [0.05, 0.1) is 12.8 Å². The van der Waals surface area contributed by atoms with Crippen LogP contribution >= 0.6 is 0 Å². The lowest BCUT2D eigenvalue weighted by Gasteiger charge is -2.30. The maximum atomic E-state index is 4.73. The van der Waals surface area contributed by atoms with E-state index in [1.54, 1.807) is 20.2 Å². The first kappa shape index (κ1) is 17.7. The number of allylic oxidation sites excluding steroid dienone is 1. The molecular weight excluding hydrogens is 296 g/mol. The van der Waals surface area contributed by atoms with Gasteiger partial charge in [0.25, 0.3) is 11.7 Å². The topological polar surface area (TPSA) is 40.1 Å². The molecule has 0 aromatic heterocycles. The van der Waals surface area contributed by atoms with Crippen LogP contribution < -0.4 is 0 Å². The van der Waals surface area contributed by atoms with Crippen LogP contribution in [0.3, 0.4) is 0 Å². The summed E-state index contributed by atoms with van der Waals surface area (Å²) < 4.78 is 2.06. The summed E-state index contributed by atoms with van der Waals surface area (Å²) in [6, 6.07) is 0. The van der Waals surface area contributed by atoms with E-state index < -0.39 is 0 Å². The predicted molar refractivity (Wildman–Crippen MR) is 105 cm³/mol. The monoisotopic (exact) mass is 321 g/mol. The first-order valence-corrected chi connectivity index (χ1v) is 7.86. The summed E-state index contributed by atoms with van der Waals surface area (Å²) in [5.41, 5.74) is 3.64. The summed E-state index contributed by atoms with van der Waals surface area (Å²) in [5, 5.41) is 0. The zero-order valence-electron chi connectivity index (χ0n) is 15.2. The molecule has 2 heterocycles. The van der Waals surface area contributed by atoms with Gasteiger partial charge in [0, 0.05) is 29.2 Å². The van der Waals surface area contributed by atoms with Crippen molar-refractivity contribution in [1.29, 1.82) is 0 Å². The summed E-state index contributed by atoms with van der Waals surface area (Å²) in [6.45, 7) is 18.3. The van der Waals surface area contributed by atoms with Crippen LogP contribution in [0.5, 0.6) is 0 Å². The molecule has 0 amide bonds. The van der Waals surface area contributed by atoms with Gasteiger partial charge in [0.2, 0.25) is 5.84 Å². The van der Waals surface area contributed by atoms with Gasteiger partial charge in [-0.05, 0) is 26.8 Å². The van der Waals surface area contributed by atoms with Crippen molar-refractivity contribution in [2.75, 3.05) is 14.1 Å². The quantitative estimate of drug-likeness (QED) is 0.695. The van der Waals surface area contributed by atoms with E-state index in [4.69, 9.17) is 4.99 Å². The van der Waals surface area contributed by atoms with Crippen LogP contribution in [0, 0.1) is 5.41 Å². The molecule has 0 fully saturated rings. The van der Waals surface area contributed by atoms with Crippen molar-refractivity contribution in [3.63, 3.8) is 0 Å². The van der Waals surface area contributed by atoms with Crippen molar-refractivity contribution in [2.45, 2.75) is 20.8 Å². The van der Waals surface area contributed by atoms with E-state index in [1.807, 2.05) is 12.2 Å². The van der Waals surface area contributed by atoms with Gasteiger partial charge in [-0.3, -0.25) is 4.99 Å². The molecule has 0 aliphatic carbocycles. The van der Waals surface area contributed by atoms with Crippen LogP contribution in [-0.4, -0.2) is 41.9 Å². The molecule has 0 aromatic carbocycles. The van der Waals surface area contributed by atoms with Gasteiger partial charge >= 0.3 is 0 Å². The lowest BCUT2D eigenvalue weighted by atomic mass is 9.82. The molecule has 0 aromatic rings. The van der Waals surface area contributed by atoms with Crippen molar-refractivity contribution in [2.24, 2.45) is 20.4 Å². The Bertz CT molecular complexity index is 809. The predicted octanol–water partition coefficient (Wildman–Crippen LogP) is 3.75. The summed E-state index contributed by atoms with van der Waals surface area (Å²) in [6.07, 6.45) is 7.71. The highest BCUT2D eigenvalue weighted by atomic mass is 15.2. The fraction of sp³-hybridized carbons (Fsp3) is 0.300. The molecule has 0 spiro atoms. The minimum atomic E-state index is -0.146. The zero-order valence-corrected chi connectivity index (χ0v) is 15.2. The molecule has 0 atom stereocenters. The molecule has 2 aliphatic heterocycles. The lowest BCUT2D eigenvalue weighted by molar-refractivity contribution is -0.275. The Morgan fingerprint density at radius 1 is 1.12 bits per heavy atom. The van der Waals surface area contributed by atoms with Crippen LogP contribution in [0.15, 0.2) is 75.7 Å². The van der Waals surface area contributed by atoms with Crippen molar-refractivity contribution < 1.29 is 4.58 Å². The maximum absolute atomic E-state index is 4.73. The molecule has 0 saturated carbocycles. The SMILES string of the molecule is C=CC1=CC(=C)C([N+]2=C(C)C(C)(C)C=C(C=C)C2=NC)=NC1=NC. The molecule has 0 radical (unpaired) electrons. The van der Waals surface area contributed by atoms with Gasteiger partial charge < -0.3 is 0 Å². The van der Waals surface area contributed by atoms with Gasteiger partial charge in [-0.25, -0.2) is 0 Å². The third-order valence-corrected chi connectivity index (χ3v) is 4.42. The highest BCUT2D eigenvalue weighted by Gasteiger charge is 2.37. The highest BCUT2D eigenvalue weighted by Crippen LogP contribution is 2.29. The van der Waals surface area contributed by atoms with Gasteiger partial charge in [-0.2, -0.15) is 4.58 Å². The van der Waals surface area contributed by atoms with Crippen molar-refractivity contribution in [1.82, 2.24) is 0 Å². The van der Waals surface area contributed by atoms with E-state index in [2.05, 4.69) is 61.1 Å². The van der Waals surface area contributed by atoms with Gasteiger partial charge in [0.15, 0.2) is 0 Å². The van der Waals surface area contributed by atoms with E-state index >= 15 is 0 Å². The van der Waals surface area contributed by atoms with Crippen molar-refractivity contribution in [3.8, 4) is 0 Å². The van der Waals surface area contributed by atoms with Crippen LogP contribution in [0.2, 0.25) is 0 Å². The maximum Gasteiger partial charge on any atom is 0.276 e. The Kier molecular flexibility index (Phi) is 4.78. The Hall–Kier alpha value is -2.62. The molecule has 4 heteroatoms. The number of amidine groups is 3. The van der Waals surface area contributed by atoms with Crippen LogP contribution in [0.1, 0.15) is 20.8 Å².